The topological polar surface area (TPSA) is 24.9 Å². The Hall–Kier alpha value is -0.710. The number of pyridine rings is 1. The first-order valence-electron chi connectivity index (χ1n) is 5.53. The standard InChI is InChI=1S/C13H15BrN2S/c1-9-6-15-4-3-11(9)7-16-10(2)13-5-12(14)8-17-13/h3-6,8,10,16H,7H2,1-2H3. The van der Waals surface area contributed by atoms with Gasteiger partial charge in [0.1, 0.15) is 0 Å². The van der Waals surface area contributed by atoms with Crippen LogP contribution in [0.1, 0.15) is 29.0 Å². The normalized spacial score (nSPS) is 12.6. The maximum Gasteiger partial charge on any atom is 0.0389 e. The molecule has 0 fully saturated rings. The highest BCUT2D eigenvalue weighted by Gasteiger charge is 2.07. The molecule has 2 aromatic rings. The molecule has 90 valence electrons. The highest BCUT2D eigenvalue weighted by Crippen LogP contribution is 2.25. The molecule has 0 aliphatic carbocycles. The number of rotatable bonds is 4. The van der Waals surface area contributed by atoms with Crippen molar-refractivity contribution in [3.8, 4) is 0 Å². The third kappa shape index (κ3) is 3.37. The van der Waals surface area contributed by atoms with Gasteiger partial charge in [-0.3, -0.25) is 4.98 Å². The Balaban J connectivity index is 1.97. The van der Waals surface area contributed by atoms with E-state index in [9.17, 15) is 0 Å². The molecule has 0 aliphatic rings. The van der Waals surface area contributed by atoms with E-state index in [4.69, 9.17) is 0 Å². The Labute approximate surface area is 114 Å². The largest absolute Gasteiger partial charge is 0.305 e. The molecule has 0 amide bonds. The Morgan fingerprint density at radius 1 is 1.53 bits per heavy atom. The summed E-state index contributed by atoms with van der Waals surface area (Å²) >= 11 is 5.26. The van der Waals surface area contributed by atoms with Crippen molar-refractivity contribution in [3.63, 3.8) is 0 Å². The van der Waals surface area contributed by atoms with E-state index in [-0.39, 0.29) is 0 Å². The lowest BCUT2D eigenvalue weighted by Gasteiger charge is -2.13. The number of nitrogens with one attached hydrogen (secondary N) is 1. The predicted octanol–water partition coefficient (Wildman–Crippen LogP) is 4.06. The fourth-order valence-electron chi connectivity index (χ4n) is 1.62. The van der Waals surface area contributed by atoms with Crippen molar-refractivity contribution in [2.75, 3.05) is 0 Å². The maximum absolute atomic E-state index is 4.10. The lowest BCUT2D eigenvalue weighted by molar-refractivity contribution is 0.581. The maximum atomic E-state index is 4.10. The number of aryl methyl sites for hydroxylation is 1. The van der Waals surface area contributed by atoms with Crippen molar-refractivity contribution >= 4 is 27.3 Å². The average molecular weight is 311 g/mol. The summed E-state index contributed by atoms with van der Waals surface area (Å²) in [7, 11) is 0. The Bertz CT molecular complexity index is 496. The van der Waals surface area contributed by atoms with E-state index in [1.165, 1.54) is 16.0 Å². The van der Waals surface area contributed by atoms with Crippen LogP contribution in [0.4, 0.5) is 0 Å². The van der Waals surface area contributed by atoms with Crippen molar-refractivity contribution in [1.82, 2.24) is 10.3 Å². The van der Waals surface area contributed by atoms with E-state index in [0.29, 0.717) is 6.04 Å². The third-order valence-corrected chi connectivity index (χ3v) is 4.63. The van der Waals surface area contributed by atoms with E-state index < -0.39 is 0 Å². The summed E-state index contributed by atoms with van der Waals surface area (Å²) in [5.74, 6) is 0. The number of nitrogens with zero attached hydrogens (tertiary/aromatic N) is 1. The molecule has 1 atom stereocenters. The van der Waals surface area contributed by atoms with Crippen LogP contribution in [0.3, 0.4) is 0 Å². The highest BCUT2D eigenvalue weighted by molar-refractivity contribution is 9.10. The fraction of sp³-hybridized carbons (Fsp3) is 0.308. The lowest BCUT2D eigenvalue weighted by Crippen LogP contribution is -2.17. The van der Waals surface area contributed by atoms with Crippen LogP contribution in [0.5, 0.6) is 0 Å². The van der Waals surface area contributed by atoms with E-state index in [0.717, 1.165) is 11.0 Å². The molecule has 0 saturated heterocycles. The van der Waals surface area contributed by atoms with Gasteiger partial charge in [0.2, 0.25) is 0 Å². The highest BCUT2D eigenvalue weighted by atomic mass is 79.9. The van der Waals surface area contributed by atoms with Crippen molar-refractivity contribution in [2.24, 2.45) is 0 Å². The number of hydrogen-bond donors (Lipinski definition) is 1. The molecule has 0 saturated carbocycles. The Morgan fingerprint density at radius 3 is 3.00 bits per heavy atom. The van der Waals surface area contributed by atoms with Gasteiger partial charge in [-0.1, -0.05) is 0 Å². The van der Waals surface area contributed by atoms with Crippen molar-refractivity contribution < 1.29 is 0 Å². The summed E-state index contributed by atoms with van der Waals surface area (Å²) in [6.45, 7) is 5.16. The second-order valence-electron chi connectivity index (χ2n) is 4.07. The third-order valence-electron chi connectivity index (χ3n) is 2.75. The molecule has 0 aromatic carbocycles. The van der Waals surface area contributed by atoms with Gasteiger partial charge in [-0.25, -0.2) is 0 Å². The smallest absolute Gasteiger partial charge is 0.0389 e. The van der Waals surface area contributed by atoms with Crippen molar-refractivity contribution in [2.45, 2.75) is 26.4 Å². The van der Waals surface area contributed by atoms with Crippen LogP contribution < -0.4 is 5.32 Å². The van der Waals surface area contributed by atoms with Crippen LogP contribution in [-0.2, 0) is 6.54 Å². The monoisotopic (exact) mass is 310 g/mol. The van der Waals surface area contributed by atoms with Crippen molar-refractivity contribution in [1.29, 1.82) is 0 Å². The Morgan fingerprint density at radius 2 is 2.35 bits per heavy atom. The number of hydrogen-bond acceptors (Lipinski definition) is 3. The average Bonchev–Trinajstić information content (AvgIpc) is 2.74. The zero-order chi connectivity index (χ0) is 12.3. The van der Waals surface area contributed by atoms with E-state index in [1.54, 1.807) is 11.3 Å². The quantitative estimate of drug-likeness (QED) is 0.921. The first-order valence-corrected chi connectivity index (χ1v) is 7.21. The van der Waals surface area contributed by atoms with Gasteiger partial charge < -0.3 is 5.32 Å². The van der Waals surface area contributed by atoms with Gasteiger partial charge in [0.05, 0.1) is 0 Å². The summed E-state index contributed by atoms with van der Waals surface area (Å²) in [6.07, 6.45) is 3.75. The molecule has 0 bridgehead atoms. The van der Waals surface area contributed by atoms with Crippen LogP contribution in [0.25, 0.3) is 0 Å². The SMILES string of the molecule is Cc1cnccc1CNC(C)c1cc(Br)cs1. The second kappa shape index (κ2) is 5.76. The second-order valence-corrected chi connectivity index (χ2v) is 5.93. The molecule has 4 heteroatoms. The molecule has 1 unspecified atom stereocenters. The summed E-state index contributed by atoms with van der Waals surface area (Å²) in [5.41, 5.74) is 2.54. The predicted molar refractivity (Wildman–Crippen MR) is 76.2 cm³/mol. The minimum atomic E-state index is 0.374. The van der Waals surface area contributed by atoms with Gasteiger partial charge in [0.15, 0.2) is 0 Å². The molecule has 0 radical (unpaired) electrons. The van der Waals surface area contributed by atoms with Crippen molar-refractivity contribution in [3.05, 3.63) is 50.4 Å². The summed E-state index contributed by atoms with van der Waals surface area (Å²) in [4.78, 5) is 5.45. The molecule has 0 aliphatic heterocycles. The lowest BCUT2D eigenvalue weighted by atomic mass is 10.1. The number of thiophene rings is 1. The van der Waals surface area contributed by atoms with Crippen LogP contribution >= 0.6 is 27.3 Å². The molecule has 2 aromatic heterocycles. The summed E-state index contributed by atoms with van der Waals surface area (Å²) in [5, 5.41) is 5.65. The van der Waals surface area contributed by atoms with Gasteiger partial charge in [-0.15, -0.1) is 11.3 Å². The van der Waals surface area contributed by atoms with E-state index in [2.05, 4.69) is 57.6 Å². The summed E-state index contributed by atoms with van der Waals surface area (Å²) < 4.78 is 1.16. The minimum absolute atomic E-state index is 0.374. The molecule has 0 spiro atoms. The molecule has 1 N–H and O–H groups in total. The van der Waals surface area contributed by atoms with Crippen LogP contribution in [0, 0.1) is 6.92 Å². The zero-order valence-electron chi connectivity index (χ0n) is 9.90. The van der Waals surface area contributed by atoms with Crippen LogP contribution in [-0.4, -0.2) is 4.98 Å². The Kier molecular flexibility index (Phi) is 4.31. The van der Waals surface area contributed by atoms with E-state index >= 15 is 0 Å². The first kappa shape index (κ1) is 12.7. The van der Waals surface area contributed by atoms with Gasteiger partial charge in [-0.2, -0.15) is 0 Å². The van der Waals surface area contributed by atoms with Crippen LogP contribution in [0.15, 0.2) is 34.4 Å². The van der Waals surface area contributed by atoms with Gasteiger partial charge in [0, 0.05) is 39.7 Å². The molecule has 2 heterocycles. The van der Waals surface area contributed by atoms with Crippen LogP contribution in [0.2, 0.25) is 0 Å². The number of aromatic nitrogens is 1. The molecular weight excluding hydrogens is 296 g/mol. The molecule has 17 heavy (non-hydrogen) atoms. The fourth-order valence-corrected chi connectivity index (χ4v) is 3.10. The minimum Gasteiger partial charge on any atom is -0.305 e. The number of halogens is 1. The molecule has 2 rings (SSSR count). The van der Waals surface area contributed by atoms with E-state index in [1.807, 2.05) is 12.4 Å². The first-order chi connectivity index (χ1) is 8.16. The molecular formula is C13H15BrN2S. The van der Waals surface area contributed by atoms with Gasteiger partial charge in [-0.05, 0) is 53.0 Å². The molecule has 2 nitrogen and oxygen atoms in total. The summed E-state index contributed by atoms with van der Waals surface area (Å²) in [6, 6.07) is 4.61. The van der Waals surface area contributed by atoms with Gasteiger partial charge >= 0.3 is 0 Å². The van der Waals surface area contributed by atoms with Gasteiger partial charge in [0.25, 0.3) is 0 Å². The zero-order valence-corrected chi connectivity index (χ0v) is 12.3.